The van der Waals surface area contributed by atoms with Crippen molar-refractivity contribution in [2.24, 2.45) is 5.73 Å². The summed E-state index contributed by atoms with van der Waals surface area (Å²) < 4.78 is 1.76. The van der Waals surface area contributed by atoms with E-state index in [4.69, 9.17) is 5.73 Å². The van der Waals surface area contributed by atoms with Gasteiger partial charge in [0.05, 0.1) is 0 Å². The minimum atomic E-state index is 0.121. The fourth-order valence-corrected chi connectivity index (χ4v) is 1.89. The van der Waals surface area contributed by atoms with E-state index in [1.165, 1.54) is 11.3 Å². The second-order valence-corrected chi connectivity index (χ2v) is 3.10. The maximum Gasteiger partial charge on any atom is 0.307 e. The van der Waals surface area contributed by atoms with Crippen LogP contribution in [0.5, 0.6) is 0 Å². The van der Waals surface area contributed by atoms with Crippen LogP contribution in [0.2, 0.25) is 0 Å². The van der Waals surface area contributed by atoms with E-state index in [9.17, 15) is 4.79 Å². The van der Waals surface area contributed by atoms with Crippen LogP contribution in [0.15, 0.2) is 10.2 Å². The molecule has 0 saturated heterocycles. The first-order chi connectivity index (χ1) is 5.29. The molecule has 1 heterocycles. The lowest BCUT2D eigenvalue weighted by molar-refractivity contribution is 0.693. The van der Waals surface area contributed by atoms with Gasteiger partial charge in [0.1, 0.15) is 0 Å². The number of nitrogens with zero attached hydrogens (tertiary/aromatic N) is 1. The normalized spacial score (nSPS) is 10.4. The Hall–Kier alpha value is -0.610. The smallest absolute Gasteiger partial charge is 0.307 e. The predicted molar refractivity (Wildman–Crippen MR) is 47.0 cm³/mol. The van der Waals surface area contributed by atoms with Crippen molar-refractivity contribution in [2.45, 2.75) is 19.9 Å². The summed E-state index contributed by atoms with van der Waals surface area (Å²) in [5.74, 6) is 0. The third-order valence-corrected chi connectivity index (χ3v) is 2.39. The summed E-state index contributed by atoms with van der Waals surface area (Å²) >= 11 is 1.25. The van der Waals surface area contributed by atoms with Gasteiger partial charge in [-0.15, -0.1) is 0 Å². The van der Waals surface area contributed by atoms with Gasteiger partial charge in [-0.3, -0.25) is 4.79 Å². The molecule has 0 aliphatic heterocycles. The minimum absolute atomic E-state index is 0.121. The minimum Gasteiger partial charge on any atom is -0.330 e. The first kappa shape index (κ1) is 8.49. The molecule has 1 rings (SSSR count). The highest BCUT2D eigenvalue weighted by molar-refractivity contribution is 7.07. The van der Waals surface area contributed by atoms with Crippen LogP contribution in [0.4, 0.5) is 0 Å². The van der Waals surface area contributed by atoms with E-state index in [1.807, 2.05) is 12.3 Å². The zero-order valence-corrected chi connectivity index (χ0v) is 7.36. The van der Waals surface area contributed by atoms with Crippen molar-refractivity contribution in [1.29, 1.82) is 0 Å². The predicted octanol–water partition coefficient (Wildman–Crippen LogP) is 0.431. The number of rotatable bonds is 3. The lowest BCUT2D eigenvalue weighted by atomic mass is 10.3. The van der Waals surface area contributed by atoms with Crippen molar-refractivity contribution >= 4 is 11.3 Å². The van der Waals surface area contributed by atoms with Crippen LogP contribution in [-0.4, -0.2) is 11.1 Å². The monoisotopic (exact) mass is 172 g/mol. The molecule has 0 bridgehead atoms. The van der Waals surface area contributed by atoms with Crippen molar-refractivity contribution in [3.63, 3.8) is 0 Å². The van der Waals surface area contributed by atoms with Gasteiger partial charge in [-0.1, -0.05) is 11.3 Å². The van der Waals surface area contributed by atoms with Gasteiger partial charge in [0.2, 0.25) is 0 Å². The summed E-state index contributed by atoms with van der Waals surface area (Å²) in [5, 5.41) is 1.89. The summed E-state index contributed by atoms with van der Waals surface area (Å²) in [6, 6.07) is 0. The highest BCUT2D eigenvalue weighted by atomic mass is 32.1. The molecule has 3 nitrogen and oxygen atoms in total. The zero-order valence-electron chi connectivity index (χ0n) is 6.54. The fourth-order valence-electron chi connectivity index (χ4n) is 1.04. The van der Waals surface area contributed by atoms with Crippen molar-refractivity contribution in [2.75, 3.05) is 6.54 Å². The number of aromatic nitrogens is 1. The van der Waals surface area contributed by atoms with Crippen LogP contribution in [0, 0.1) is 0 Å². The van der Waals surface area contributed by atoms with Crippen molar-refractivity contribution in [3.05, 3.63) is 20.7 Å². The molecule has 0 radical (unpaired) electrons. The molecule has 0 unspecified atom stereocenters. The second-order valence-electron chi connectivity index (χ2n) is 2.28. The Morgan fingerprint density at radius 2 is 2.45 bits per heavy atom. The molecule has 4 heteroatoms. The van der Waals surface area contributed by atoms with Gasteiger partial charge in [0.25, 0.3) is 0 Å². The second kappa shape index (κ2) is 3.69. The molecule has 0 aromatic carbocycles. The van der Waals surface area contributed by atoms with Gasteiger partial charge in [-0.2, -0.15) is 0 Å². The summed E-state index contributed by atoms with van der Waals surface area (Å²) in [5.41, 5.74) is 6.44. The SMILES string of the molecule is CCn1c(CCN)csc1=O. The molecule has 0 amide bonds. The average molecular weight is 172 g/mol. The maximum atomic E-state index is 11.1. The van der Waals surface area contributed by atoms with E-state index in [0.717, 1.165) is 18.7 Å². The Morgan fingerprint density at radius 3 is 3.00 bits per heavy atom. The number of nitrogens with two attached hydrogens (primary N) is 1. The first-order valence-corrected chi connectivity index (χ1v) is 4.54. The number of hydrogen-bond acceptors (Lipinski definition) is 3. The van der Waals surface area contributed by atoms with Gasteiger partial charge in [0.15, 0.2) is 0 Å². The molecule has 62 valence electrons. The van der Waals surface area contributed by atoms with Crippen LogP contribution in [0.3, 0.4) is 0 Å². The molecule has 0 spiro atoms. The number of thiazole rings is 1. The topological polar surface area (TPSA) is 48.0 Å². The molecule has 1 aromatic rings. The Balaban J connectivity index is 2.96. The highest BCUT2D eigenvalue weighted by Gasteiger charge is 2.02. The average Bonchev–Trinajstić information content (AvgIpc) is 2.33. The Kier molecular flexibility index (Phi) is 2.84. The highest BCUT2D eigenvalue weighted by Crippen LogP contribution is 2.01. The Morgan fingerprint density at radius 1 is 1.73 bits per heavy atom. The zero-order chi connectivity index (χ0) is 8.27. The summed E-state index contributed by atoms with van der Waals surface area (Å²) in [7, 11) is 0. The van der Waals surface area contributed by atoms with Gasteiger partial charge in [0, 0.05) is 24.0 Å². The van der Waals surface area contributed by atoms with Gasteiger partial charge >= 0.3 is 4.87 Å². The first-order valence-electron chi connectivity index (χ1n) is 3.66. The summed E-state index contributed by atoms with van der Waals surface area (Å²) in [6.07, 6.45) is 0.798. The van der Waals surface area contributed by atoms with Crippen LogP contribution in [-0.2, 0) is 13.0 Å². The Bertz CT molecular complexity index is 276. The number of hydrogen-bond donors (Lipinski definition) is 1. The summed E-state index contributed by atoms with van der Waals surface area (Å²) in [6.45, 7) is 3.32. The molecular weight excluding hydrogens is 160 g/mol. The third-order valence-electron chi connectivity index (χ3n) is 1.58. The van der Waals surface area contributed by atoms with E-state index >= 15 is 0 Å². The Labute approximate surface area is 69.5 Å². The molecule has 11 heavy (non-hydrogen) atoms. The van der Waals surface area contributed by atoms with Gasteiger partial charge < -0.3 is 10.3 Å². The van der Waals surface area contributed by atoms with Crippen LogP contribution in [0.1, 0.15) is 12.6 Å². The van der Waals surface area contributed by atoms with E-state index in [0.29, 0.717) is 6.54 Å². The van der Waals surface area contributed by atoms with Crippen molar-refractivity contribution in [1.82, 2.24) is 4.57 Å². The van der Waals surface area contributed by atoms with E-state index in [2.05, 4.69) is 0 Å². The van der Waals surface area contributed by atoms with Crippen LogP contribution < -0.4 is 10.6 Å². The van der Waals surface area contributed by atoms with Crippen molar-refractivity contribution < 1.29 is 0 Å². The van der Waals surface area contributed by atoms with E-state index < -0.39 is 0 Å². The summed E-state index contributed by atoms with van der Waals surface area (Å²) in [4.78, 5) is 11.2. The van der Waals surface area contributed by atoms with Gasteiger partial charge in [-0.05, 0) is 13.5 Å². The maximum absolute atomic E-state index is 11.1. The van der Waals surface area contributed by atoms with Crippen molar-refractivity contribution in [3.8, 4) is 0 Å². The quantitative estimate of drug-likeness (QED) is 0.718. The fraction of sp³-hybridized carbons (Fsp3) is 0.571. The lowest BCUT2D eigenvalue weighted by Gasteiger charge is -2.00. The molecule has 1 aromatic heterocycles. The van der Waals surface area contributed by atoms with Crippen LogP contribution in [0.25, 0.3) is 0 Å². The molecule has 0 aliphatic rings. The third kappa shape index (κ3) is 1.70. The molecule has 0 aliphatic carbocycles. The molecule has 0 fully saturated rings. The largest absolute Gasteiger partial charge is 0.330 e. The molecule has 0 saturated carbocycles. The molecule has 0 atom stereocenters. The molecule has 2 N–H and O–H groups in total. The molecular formula is C7H12N2OS. The van der Waals surface area contributed by atoms with E-state index in [-0.39, 0.29) is 4.87 Å². The lowest BCUT2D eigenvalue weighted by Crippen LogP contribution is -2.16. The van der Waals surface area contributed by atoms with Gasteiger partial charge in [-0.25, -0.2) is 0 Å². The van der Waals surface area contributed by atoms with Crippen LogP contribution >= 0.6 is 11.3 Å². The van der Waals surface area contributed by atoms with E-state index in [1.54, 1.807) is 4.57 Å². The standard InChI is InChI=1S/C7H12N2OS/c1-2-9-6(3-4-8)5-11-7(9)10/h5H,2-4,8H2,1H3.